The summed E-state index contributed by atoms with van der Waals surface area (Å²) in [4.78, 5) is 12.0. The summed E-state index contributed by atoms with van der Waals surface area (Å²) in [5, 5.41) is 22.9. The van der Waals surface area contributed by atoms with Crippen molar-refractivity contribution in [3.8, 4) is 5.75 Å². The van der Waals surface area contributed by atoms with Crippen molar-refractivity contribution in [1.29, 1.82) is 0 Å². The Bertz CT molecular complexity index is 801. The second kappa shape index (κ2) is 9.75. The third-order valence-corrected chi connectivity index (χ3v) is 4.02. The van der Waals surface area contributed by atoms with Gasteiger partial charge in [-0.3, -0.25) is 4.79 Å². The summed E-state index contributed by atoms with van der Waals surface area (Å²) < 4.78 is 0. The van der Waals surface area contributed by atoms with Crippen LogP contribution in [-0.4, -0.2) is 28.4 Å². The number of nitrogens with zero attached hydrogens (tertiary/aromatic N) is 1. The summed E-state index contributed by atoms with van der Waals surface area (Å²) in [6.45, 7) is 1.95. The Balaban J connectivity index is 1.89. The fourth-order valence-corrected chi connectivity index (χ4v) is 2.28. The Hall–Kier alpha value is -2.63. The fraction of sp³-hybridized carbons (Fsp3) is 0.200. The molecule has 0 saturated heterocycles. The van der Waals surface area contributed by atoms with E-state index in [1.165, 1.54) is 24.4 Å². The third kappa shape index (κ3) is 6.02. The number of aromatic hydroxyl groups is 1. The number of carbonyl (C=O) groups is 1. The van der Waals surface area contributed by atoms with E-state index in [-0.39, 0.29) is 16.9 Å². The minimum atomic E-state index is -0.419. The lowest BCUT2D eigenvalue weighted by Crippen LogP contribution is -2.17. The van der Waals surface area contributed by atoms with E-state index in [4.69, 9.17) is 11.6 Å². The fourth-order valence-electron chi connectivity index (χ4n) is 2.10. The molecule has 0 radical (unpaired) electrons. The van der Waals surface area contributed by atoms with E-state index < -0.39 is 5.91 Å². The van der Waals surface area contributed by atoms with Crippen molar-refractivity contribution < 1.29 is 15.0 Å². The average Bonchev–Trinajstić information content (AvgIpc) is 2.65. The molecule has 26 heavy (non-hydrogen) atoms. The summed E-state index contributed by atoms with van der Waals surface area (Å²) in [7, 11) is 0. The van der Waals surface area contributed by atoms with Crippen molar-refractivity contribution in [2.24, 2.45) is 5.10 Å². The molecule has 2 rings (SSSR count). The van der Waals surface area contributed by atoms with E-state index in [1.807, 2.05) is 43.3 Å². The molecule has 0 spiro atoms. The van der Waals surface area contributed by atoms with Crippen molar-refractivity contribution >= 4 is 29.8 Å². The minimum Gasteiger partial charge on any atom is -0.506 e. The third-order valence-electron chi connectivity index (χ3n) is 3.72. The molecule has 0 aliphatic carbocycles. The number of aliphatic hydroxyl groups is 1. The summed E-state index contributed by atoms with van der Waals surface area (Å²) in [5.74, 6) is -0.498. The van der Waals surface area contributed by atoms with Gasteiger partial charge in [-0.15, -0.1) is 0 Å². The van der Waals surface area contributed by atoms with Gasteiger partial charge in [0, 0.05) is 5.56 Å². The molecule has 0 bridgehead atoms. The van der Waals surface area contributed by atoms with Crippen LogP contribution in [0.2, 0.25) is 5.02 Å². The molecule has 6 heteroatoms. The number of nitrogens with one attached hydrogen (secondary N) is 1. The van der Waals surface area contributed by atoms with Crippen molar-refractivity contribution in [2.75, 3.05) is 0 Å². The first-order chi connectivity index (χ1) is 12.5. The highest BCUT2D eigenvalue weighted by Crippen LogP contribution is 2.23. The number of amides is 1. The van der Waals surface area contributed by atoms with Gasteiger partial charge in [0.15, 0.2) is 0 Å². The lowest BCUT2D eigenvalue weighted by Gasteiger charge is -2.02. The number of rotatable bonds is 7. The van der Waals surface area contributed by atoms with Crippen molar-refractivity contribution in [1.82, 2.24) is 5.43 Å². The van der Waals surface area contributed by atoms with Gasteiger partial charge in [0.2, 0.25) is 0 Å². The summed E-state index contributed by atoms with van der Waals surface area (Å²) in [6, 6.07) is 11.8. The van der Waals surface area contributed by atoms with Gasteiger partial charge in [-0.2, -0.15) is 5.10 Å². The molecule has 3 N–H and O–H groups in total. The molecule has 1 unspecified atom stereocenters. The van der Waals surface area contributed by atoms with Gasteiger partial charge < -0.3 is 10.2 Å². The molecular weight excluding hydrogens is 352 g/mol. The number of benzene rings is 2. The highest BCUT2D eigenvalue weighted by atomic mass is 35.5. The quantitative estimate of drug-likeness (QED) is 0.507. The van der Waals surface area contributed by atoms with Gasteiger partial charge in [-0.1, -0.05) is 54.9 Å². The number of hydrazone groups is 1. The Morgan fingerprint density at radius 3 is 2.58 bits per heavy atom. The van der Waals surface area contributed by atoms with Crippen LogP contribution in [0, 0.1) is 0 Å². The molecule has 0 fully saturated rings. The Morgan fingerprint density at radius 1 is 1.23 bits per heavy atom. The van der Waals surface area contributed by atoms with E-state index >= 15 is 0 Å². The maximum atomic E-state index is 12.0. The first-order valence-corrected chi connectivity index (χ1v) is 8.64. The van der Waals surface area contributed by atoms with Crippen LogP contribution >= 0.6 is 11.6 Å². The van der Waals surface area contributed by atoms with Crippen LogP contribution in [0.15, 0.2) is 53.6 Å². The Kier molecular flexibility index (Phi) is 7.38. The first kappa shape index (κ1) is 19.7. The Labute approximate surface area is 157 Å². The van der Waals surface area contributed by atoms with Crippen LogP contribution < -0.4 is 5.43 Å². The highest BCUT2D eigenvalue weighted by molar-refractivity contribution is 6.32. The monoisotopic (exact) mass is 372 g/mol. The molecule has 5 nitrogen and oxygen atoms in total. The molecule has 0 heterocycles. The molecule has 136 valence electrons. The zero-order valence-electron chi connectivity index (χ0n) is 14.4. The molecule has 2 aromatic carbocycles. The lowest BCUT2D eigenvalue weighted by atomic mass is 10.1. The van der Waals surface area contributed by atoms with E-state index in [9.17, 15) is 15.0 Å². The molecule has 0 saturated carbocycles. The van der Waals surface area contributed by atoms with Crippen molar-refractivity contribution in [3.63, 3.8) is 0 Å². The number of carbonyl (C=O) groups excluding carboxylic acids is 1. The normalized spacial score (nSPS) is 12.6. The van der Waals surface area contributed by atoms with Gasteiger partial charge in [0.25, 0.3) is 5.91 Å². The summed E-state index contributed by atoms with van der Waals surface area (Å²) in [6.07, 6.45) is 6.50. The van der Waals surface area contributed by atoms with Gasteiger partial charge in [0.05, 0.1) is 17.3 Å². The predicted octanol–water partition coefficient (Wildman–Crippen LogP) is 3.98. The van der Waals surface area contributed by atoms with E-state index in [2.05, 4.69) is 10.5 Å². The van der Waals surface area contributed by atoms with Crippen LogP contribution in [0.1, 0.15) is 41.3 Å². The predicted molar refractivity (Wildman–Crippen MR) is 105 cm³/mol. The molecule has 1 amide bonds. The molecule has 0 aliphatic rings. The van der Waals surface area contributed by atoms with Gasteiger partial charge in [-0.05, 0) is 42.2 Å². The van der Waals surface area contributed by atoms with Gasteiger partial charge >= 0.3 is 0 Å². The number of phenols is 1. The van der Waals surface area contributed by atoms with Crippen LogP contribution in [0.5, 0.6) is 5.75 Å². The summed E-state index contributed by atoms with van der Waals surface area (Å²) in [5.41, 5.74) is 4.57. The minimum absolute atomic E-state index is 0.0786. The number of aliphatic hydroxyl groups excluding tert-OH is 1. The number of hydrogen-bond acceptors (Lipinski definition) is 4. The average molecular weight is 373 g/mol. The molecule has 0 aromatic heterocycles. The van der Waals surface area contributed by atoms with E-state index in [1.54, 1.807) is 0 Å². The lowest BCUT2D eigenvalue weighted by molar-refractivity contribution is 0.0955. The zero-order valence-corrected chi connectivity index (χ0v) is 15.1. The maximum absolute atomic E-state index is 12.0. The maximum Gasteiger partial charge on any atom is 0.271 e. The largest absolute Gasteiger partial charge is 0.506 e. The van der Waals surface area contributed by atoms with Crippen molar-refractivity contribution in [2.45, 2.75) is 25.9 Å². The molecule has 1 atom stereocenters. The molecule has 2 aromatic rings. The molecular formula is C20H21ClN2O3. The molecule has 0 aliphatic heterocycles. The Morgan fingerprint density at radius 2 is 1.92 bits per heavy atom. The number of phenolic OH excluding ortho intramolecular Hbond substituents is 1. The number of hydrogen-bond donors (Lipinski definition) is 3. The van der Waals surface area contributed by atoms with Crippen LogP contribution in [0.4, 0.5) is 0 Å². The zero-order chi connectivity index (χ0) is 18.9. The smallest absolute Gasteiger partial charge is 0.271 e. The highest BCUT2D eigenvalue weighted by Gasteiger charge is 2.07. The first-order valence-electron chi connectivity index (χ1n) is 8.26. The standard InChI is InChI=1S/C20H21ClN2O3/c1-2-17(24)5-3-4-14-6-8-15(9-7-14)13-22-23-20(26)16-10-11-19(25)18(21)12-16/h3-4,6-13,17,24-25H,2,5H2,1H3,(H,23,26). The van der Waals surface area contributed by atoms with Crippen LogP contribution in [0.25, 0.3) is 6.08 Å². The van der Waals surface area contributed by atoms with Crippen molar-refractivity contribution in [3.05, 3.63) is 70.3 Å². The van der Waals surface area contributed by atoms with Crippen LogP contribution in [0.3, 0.4) is 0 Å². The second-order valence-corrected chi connectivity index (χ2v) is 6.14. The van der Waals surface area contributed by atoms with E-state index in [0.717, 1.165) is 17.5 Å². The van der Waals surface area contributed by atoms with E-state index in [0.29, 0.717) is 12.0 Å². The van der Waals surface area contributed by atoms with Crippen LogP contribution in [-0.2, 0) is 0 Å². The topological polar surface area (TPSA) is 81.9 Å². The second-order valence-electron chi connectivity index (χ2n) is 5.73. The SMILES string of the molecule is CCC(O)CC=Cc1ccc(C=NNC(=O)c2ccc(O)c(Cl)c2)cc1. The van der Waals surface area contributed by atoms with Gasteiger partial charge in [-0.25, -0.2) is 5.43 Å². The summed E-state index contributed by atoms with van der Waals surface area (Å²) >= 11 is 5.78. The van der Waals surface area contributed by atoms with Gasteiger partial charge in [0.1, 0.15) is 5.75 Å². The number of halogens is 1.